The second-order valence-electron chi connectivity index (χ2n) is 39.5. The van der Waals surface area contributed by atoms with E-state index in [1.54, 1.807) is 51.5 Å². The molecular weight excluding hydrogens is 1650 g/mol. The Bertz CT molecular complexity index is 5270. The van der Waals surface area contributed by atoms with Gasteiger partial charge in [-0.2, -0.15) is 21.0 Å². The Labute approximate surface area is 794 Å². The second-order valence-corrected chi connectivity index (χ2v) is 44.7. The van der Waals surface area contributed by atoms with Gasteiger partial charge in [0, 0.05) is 55.5 Å². The zero-order valence-electron chi connectivity index (χ0n) is 82.5. The van der Waals surface area contributed by atoms with Crippen LogP contribution in [0.25, 0.3) is 24.3 Å². The monoisotopic (exact) mass is 1810 g/mol. The zero-order chi connectivity index (χ0) is 95.9. The minimum Gasteiger partial charge on any atom is -0.329 e. The number of fused-ring (bicyclic) bond motifs is 5. The van der Waals surface area contributed by atoms with Crippen LogP contribution < -0.4 is 0 Å². The van der Waals surface area contributed by atoms with Crippen molar-refractivity contribution in [3.8, 4) is 24.3 Å². The van der Waals surface area contributed by atoms with Gasteiger partial charge in [-0.1, -0.05) is 294 Å². The highest BCUT2D eigenvalue weighted by Crippen LogP contribution is 2.48. The zero-order valence-corrected chi connectivity index (χ0v) is 84.2. The number of carbonyl (C=O) groups is 3. The van der Waals surface area contributed by atoms with E-state index < -0.39 is 14.7 Å². The van der Waals surface area contributed by atoms with Crippen LogP contribution in [0.1, 0.15) is 306 Å². The van der Waals surface area contributed by atoms with Crippen molar-refractivity contribution in [3.05, 3.63) is 316 Å². The summed E-state index contributed by atoms with van der Waals surface area (Å²) in [6.07, 6.45) is 67.4. The standard InChI is InChI=1S/C24H29N.C24H30O.C19H23N.C19H24O.C11H20NO2P.C11H12O.C8H14NO2P.2CH4/c2*1-19(16-17-25)8-7-11-23(24(2,3)4)15-13-20-12-14-21-9-5-6-10-22(21)18-20;2*1-19(2,3)18(12-13-20)11-9-15-8-10-16-6-4-5-7-17(16)14-15;1-6-14-15(5,13)9-10(7-8-12)11(2,3)4;12-8-9-5-6-10-3-1-2-4-11(10)7-9;1-4-11-12(3,10)7-8(2)5-6-9;;/h7-8,11-16,18H,5-6,9-10H2,1-4H3;7-8,11-18H,5-6,9-10H2,1-4H3;8-12,14H,4-7H2,1-3H3;8-14H,4-7H2,1-3H3;7H,6,9H2,1-5H3;5-8H,1-4H2;5H,4,7H2,1-3H3;2*1H4/b2*8-7+,15-13+,19-16+,23-11-;2*11-9+,18-12-;10-7-;;8-5+;;. The maximum absolute atomic E-state index is 12.0. The smallest absolute Gasteiger partial charge is 0.204 e. The van der Waals surface area contributed by atoms with Crippen molar-refractivity contribution < 1.29 is 32.6 Å². The van der Waals surface area contributed by atoms with E-state index in [9.17, 15) is 23.5 Å². The summed E-state index contributed by atoms with van der Waals surface area (Å²) in [6.45, 7) is 45.5. The van der Waals surface area contributed by atoms with Gasteiger partial charge in [0.1, 0.15) is 18.9 Å². The molecule has 0 spiro atoms. The van der Waals surface area contributed by atoms with Gasteiger partial charge in [0.25, 0.3) is 0 Å². The lowest BCUT2D eigenvalue weighted by Crippen LogP contribution is -2.13. The van der Waals surface area contributed by atoms with Crippen LogP contribution in [0.5, 0.6) is 0 Å². The van der Waals surface area contributed by atoms with E-state index in [2.05, 4.69) is 235 Å². The maximum Gasteiger partial charge on any atom is 0.204 e. The van der Waals surface area contributed by atoms with E-state index in [1.807, 2.05) is 90.1 Å². The molecule has 2 atom stereocenters. The average Bonchev–Trinajstić information content (AvgIpc) is 0.841. The second kappa shape index (κ2) is 59.3. The maximum atomic E-state index is 12.0. The number of allylic oxidation sites excluding steroid dienone is 24. The number of aldehydes is 3. The summed E-state index contributed by atoms with van der Waals surface area (Å²) in [5, 5.41) is 34.6. The lowest BCUT2D eigenvalue weighted by atomic mass is 9.85. The molecule has 0 radical (unpaired) electrons. The molecule has 5 aliphatic rings. The van der Waals surface area contributed by atoms with Gasteiger partial charge in [0.2, 0.25) is 14.7 Å². The van der Waals surface area contributed by atoms with Crippen LogP contribution in [-0.4, -0.2) is 57.7 Å². The Hall–Kier alpha value is -10.2. The van der Waals surface area contributed by atoms with E-state index in [4.69, 9.17) is 30.1 Å². The molecule has 0 aromatic heterocycles. The van der Waals surface area contributed by atoms with E-state index in [1.165, 1.54) is 223 Å². The minimum absolute atomic E-state index is 0. The van der Waals surface area contributed by atoms with Crippen molar-refractivity contribution >= 4 is 57.9 Å². The molecule has 0 N–H and O–H groups in total. The van der Waals surface area contributed by atoms with Crippen LogP contribution in [0, 0.1) is 72.4 Å². The van der Waals surface area contributed by atoms with Crippen LogP contribution in [0.3, 0.4) is 0 Å². The van der Waals surface area contributed by atoms with Gasteiger partial charge in [-0.3, -0.25) is 23.5 Å². The van der Waals surface area contributed by atoms with Gasteiger partial charge in [-0.05, 0) is 325 Å². The van der Waals surface area contributed by atoms with Crippen molar-refractivity contribution in [3.63, 3.8) is 0 Å². The predicted molar refractivity (Wildman–Crippen MR) is 562 cm³/mol. The first-order valence-corrected chi connectivity index (χ1v) is 51.0. The number of benzene rings is 5. The first kappa shape index (κ1) is 117. The van der Waals surface area contributed by atoms with Crippen LogP contribution in [-0.2, 0) is 92.0 Å². The Morgan fingerprint density at radius 1 is 0.336 bits per heavy atom. The average molecular weight is 1810 g/mol. The van der Waals surface area contributed by atoms with Gasteiger partial charge in [-0.25, -0.2) is 0 Å². The number of aryl methyl sites for hydroxylation is 10. The Balaban J connectivity index is 0.000000524. The van der Waals surface area contributed by atoms with E-state index >= 15 is 0 Å². The normalized spacial score (nSPS) is 16.0. The molecule has 0 fully saturated rings. The van der Waals surface area contributed by atoms with Crippen LogP contribution in [0.2, 0.25) is 0 Å². The number of hydrogen-bond donors (Lipinski definition) is 0. The summed E-state index contributed by atoms with van der Waals surface area (Å²) >= 11 is 0. The number of carbonyl (C=O) groups excluding carboxylic acids is 3. The molecule has 11 nitrogen and oxygen atoms in total. The fraction of sp³-hybridized carbons (Fsp3) is 0.449. The molecule has 13 heteroatoms. The highest BCUT2D eigenvalue weighted by atomic mass is 31.2. The number of hydrogen-bond acceptors (Lipinski definition) is 11. The largest absolute Gasteiger partial charge is 0.329 e. The summed E-state index contributed by atoms with van der Waals surface area (Å²) in [5.41, 5.74) is 29.0. The summed E-state index contributed by atoms with van der Waals surface area (Å²) in [7, 11) is -5.09. The molecule has 5 aromatic carbocycles. The van der Waals surface area contributed by atoms with Crippen LogP contribution >= 0.6 is 14.7 Å². The number of rotatable bonds is 23. The fourth-order valence-electron chi connectivity index (χ4n) is 15.4. The summed E-state index contributed by atoms with van der Waals surface area (Å²) < 4.78 is 33.8. The molecule has 2 unspecified atom stereocenters. The van der Waals surface area contributed by atoms with Crippen LogP contribution in [0.4, 0.5) is 0 Å². The van der Waals surface area contributed by atoms with Crippen molar-refractivity contribution in [2.75, 3.05) is 38.9 Å². The third-order valence-electron chi connectivity index (χ3n) is 23.0. The SMILES string of the molecule is C.C.CC(/C=C/C=C(/C=C/c1ccc2c(c1)CCCC2)C(C)(C)C)=C\C#N.CC(/C=C/C=C(/C=C/c1ccc2c(c1)CCCC2)C(C)(C)C)=C\C=O.CC(C)(C)C(=C\C#N)/C=C/c1ccc2c(c1)CCCC2.CC(C)(C)C(=C\C=O)/C=C/c1ccc2c(c1)CCCC2.CCOP(C)(=O)C/C(=C/C#N)C(C)(C)C.CCOP(C)(=O)C/C(C)=C/C#N.O=Cc1ccc2c(c1)CCCC2. The molecule has 5 aliphatic carbocycles. The molecule has 131 heavy (non-hydrogen) atoms. The summed E-state index contributed by atoms with van der Waals surface area (Å²) in [6, 6.07) is 41.4. The van der Waals surface area contributed by atoms with Crippen molar-refractivity contribution in [2.24, 2.45) is 27.1 Å². The quantitative estimate of drug-likeness (QED) is 0.0198. The van der Waals surface area contributed by atoms with Gasteiger partial charge >= 0.3 is 0 Å². The molecule has 0 saturated heterocycles. The van der Waals surface area contributed by atoms with Gasteiger partial charge in [-0.15, -0.1) is 0 Å². The minimum atomic E-state index is -2.59. The molecule has 704 valence electrons. The predicted octanol–water partition coefficient (Wildman–Crippen LogP) is 32.1. The van der Waals surface area contributed by atoms with E-state index in [0.29, 0.717) is 25.5 Å². The molecule has 10 rings (SSSR count). The fourth-order valence-corrected chi connectivity index (χ4v) is 18.8. The van der Waals surface area contributed by atoms with Crippen molar-refractivity contribution in [1.29, 1.82) is 21.0 Å². The molecule has 5 aromatic rings. The Morgan fingerprint density at radius 2 is 0.611 bits per heavy atom. The molecule has 0 bridgehead atoms. The molecule has 0 heterocycles. The Morgan fingerprint density at radius 3 is 0.893 bits per heavy atom. The summed E-state index contributed by atoms with van der Waals surface area (Å²) in [4.78, 5) is 31.7. The third-order valence-corrected chi connectivity index (χ3v) is 26.6. The molecular formula is C118H160N4O7P2. The first-order valence-electron chi connectivity index (χ1n) is 46.5. The van der Waals surface area contributed by atoms with Crippen molar-refractivity contribution in [1.82, 2.24) is 0 Å². The third kappa shape index (κ3) is 46.2. The van der Waals surface area contributed by atoms with Crippen LogP contribution in [0.15, 0.2) is 233 Å². The summed E-state index contributed by atoms with van der Waals surface area (Å²) in [5.74, 6) is 0. The Kier molecular flexibility index (Phi) is 52.9. The molecule has 0 saturated carbocycles. The van der Waals surface area contributed by atoms with Gasteiger partial charge in [0.05, 0.1) is 37.5 Å². The lowest BCUT2D eigenvalue weighted by molar-refractivity contribution is -0.104. The van der Waals surface area contributed by atoms with E-state index in [-0.39, 0.29) is 41.9 Å². The molecule has 0 amide bonds. The van der Waals surface area contributed by atoms with Gasteiger partial charge < -0.3 is 9.05 Å². The number of nitriles is 4. The highest BCUT2D eigenvalue weighted by Gasteiger charge is 2.26. The highest BCUT2D eigenvalue weighted by molar-refractivity contribution is 7.58. The first-order chi connectivity index (χ1) is 60.9. The molecule has 0 aliphatic heterocycles. The number of nitrogens with zero attached hydrogens (tertiary/aromatic N) is 4. The topological polar surface area (TPSA) is 199 Å². The van der Waals surface area contributed by atoms with Crippen molar-refractivity contribution in [2.45, 2.75) is 282 Å². The van der Waals surface area contributed by atoms with Gasteiger partial charge in [0.15, 0.2) is 0 Å². The lowest BCUT2D eigenvalue weighted by Gasteiger charge is -2.24. The van der Waals surface area contributed by atoms with E-state index in [0.717, 1.165) is 64.3 Å².